The van der Waals surface area contributed by atoms with Gasteiger partial charge in [0, 0.05) is 19.7 Å². The minimum atomic E-state index is -0.290. The van der Waals surface area contributed by atoms with Gasteiger partial charge in [-0.2, -0.15) is 5.26 Å². The van der Waals surface area contributed by atoms with Gasteiger partial charge in [-0.3, -0.25) is 0 Å². The second-order valence-electron chi connectivity index (χ2n) is 3.73. The highest BCUT2D eigenvalue weighted by Gasteiger charge is 2.16. The van der Waals surface area contributed by atoms with Gasteiger partial charge in [0.2, 0.25) is 0 Å². The van der Waals surface area contributed by atoms with Crippen LogP contribution in [0.4, 0.5) is 0 Å². The van der Waals surface area contributed by atoms with Crippen LogP contribution in [0.2, 0.25) is 0 Å². The largest absolute Gasteiger partial charge is 0.383 e. The molecule has 0 aromatic rings. The highest BCUT2D eigenvalue weighted by molar-refractivity contribution is 4.93. The van der Waals surface area contributed by atoms with Crippen LogP contribution in [-0.2, 0) is 4.74 Å². The second-order valence-corrected chi connectivity index (χ2v) is 3.73. The van der Waals surface area contributed by atoms with Gasteiger partial charge < -0.3 is 10.1 Å². The smallest absolute Gasteiger partial charge is 0.0697 e. The van der Waals surface area contributed by atoms with Crippen molar-refractivity contribution in [1.82, 2.24) is 5.32 Å². The molecule has 0 bridgehead atoms. The Morgan fingerprint density at radius 2 is 2.17 bits per heavy atom. The van der Waals surface area contributed by atoms with E-state index in [4.69, 9.17) is 10.00 Å². The molecule has 70 valence electrons. The zero-order valence-electron chi connectivity index (χ0n) is 8.35. The topological polar surface area (TPSA) is 45.0 Å². The first kappa shape index (κ1) is 11.4. The van der Waals surface area contributed by atoms with Gasteiger partial charge in [0.15, 0.2) is 0 Å². The number of nitrogens with one attached hydrogen (secondary N) is 1. The lowest BCUT2D eigenvalue weighted by molar-refractivity contribution is 0.168. The maximum absolute atomic E-state index is 8.72. The van der Waals surface area contributed by atoms with E-state index < -0.39 is 0 Å². The lowest BCUT2D eigenvalue weighted by Gasteiger charge is -2.19. The van der Waals surface area contributed by atoms with Crippen LogP contribution in [0.3, 0.4) is 0 Å². The van der Waals surface area contributed by atoms with Crippen molar-refractivity contribution < 1.29 is 4.74 Å². The summed E-state index contributed by atoms with van der Waals surface area (Å²) in [7, 11) is 1.67. The van der Waals surface area contributed by atoms with E-state index in [1.807, 2.05) is 20.8 Å². The van der Waals surface area contributed by atoms with E-state index in [1.54, 1.807) is 7.11 Å². The van der Waals surface area contributed by atoms with Crippen LogP contribution in [-0.4, -0.2) is 26.3 Å². The van der Waals surface area contributed by atoms with Crippen LogP contribution in [0.25, 0.3) is 0 Å². The van der Waals surface area contributed by atoms with Crippen LogP contribution in [0.1, 0.15) is 20.8 Å². The summed E-state index contributed by atoms with van der Waals surface area (Å²) in [5.41, 5.74) is -0.290. The third-order valence-electron chi connectivity index (χ3n) is 1.61. The van der Waals surface area contributed by atoms with E-state index in [1.165, 1.54) is 0 Å². The van der Waals surface area contributed by atoms with Crippen LogP contribution in [0.15, 0.2) is 0 Å². The number of nitriles is 1. The van der Waals surface area contributed by atoms with Crippen LogP contribution in [0.5, 0.6) is 0 Å². The van der Waals surface area contributed by atoms with Crippen molar-refractivity contribution in [2.45, 2.75) is 26.8 Å². The summed E-state index contributed by atoms with van der Waals surface area (Å²) in [5, 5.41) is 11.9. The normalized spacial score (nSPS) is 13.9. The van der Waals surface area contributed by atoms with Gasteiger partial charge in [-0.1, -0.05) is 0 Å². The summed E-state index contributed by atoms with van der Waals surface area (Å²) in [5.74, 6) is 0. The van der Waals surface area contributed by atoms with Gasteiger partial charge in [0.25, 0.3) is 0 Å². The van der Waals surface area contributed by atoms with Crippen molar-refractivity contribution in [3.8, 4) is 6.07 Å². The van der Waals surface area contributed by atoms with Gasteiger partial charge >= 0.3 is 0 Å². The molecule has 0 saturated carbocycles. The predicted molar refractivity (Wildman–Crippen MR) is 48.7 cm³/mol. The maximum Gasteiger partial charge on any atom is 0.0697 e. The minimum Gasteiger partial charge on any atom is -0.383 e. The second kappa shape index (κ2) is 5.13. The highest BCUT2D eigenvalue weighted by atomic mass is 16.5. The maximum atomic E-state index is 8.72. The molecule has 1 N–H and O–H groups in total. The molecule has 0 rings (SSSR count). The standard InChI is InChI=1S/C9H18N2O/c1-8(5-12-4)11-7-9(2,3)6-10/h8,11H,5,7H2,1-4H3. The molecule has 0 radical (unpaired) electrons. The summed E-state index contributed by atoms with van der Waals surface area (Å²) >= 11 is 0. The molecule has 0 heterocycles. The quantitative estimate of drug-likeness (QED) is 0.673. The molecule has 3 nitrogen and oxygen atoms in total. The van der Waals surface area contributed by atoms with Gasteiger partial charge in [-0.05, 0) is 20.8 Å². The fourth-order valence-electron chi connectivity index (χ4n) is 0.778. The summed E-state index contributed by atoms with van der Waals surface area (Å²) in [6.07, 6.45) is 0. The average Bonchev–Trinajstić information content (AvgIpc) is 2.02. The van der Waals surface area contributed by atoms with Crippen molar-refractivity contribution in [2.75, 3.05) is 20.3 Å². The Morgan fingerprint density at radius 1 is 1.58 bits per heavy atom. The molecule has 0 aliphatic heterocycles. The lowest BCUT2D eigenvalue weighted by Crippen LogP contribution is -2.37. The minimum absolute atomic E-state index is 0.290. The average molecular weight is 170 g/mol. The van der Waals surface area contributed by atoms with Crippen molar-refractivity contribution in [2.24, 2.45) is 5.41 Å². The first-order valence-electron chi connectivity index (χ1n) is 4.15. The SMILES string of the molecule is COCC(C)NCC(C)(C)C#N. The Hall–Kier alpha value is -0.590. The van der Waals surface area contributed by atoms with Gasteiger partial charge in [0.05, 0.1) is 18.1 Å². The summed E-state index contributed by atoms with van der Waals surface area (Å²) in [6, 6.07) is 2.54. The molecule has 0 aromatic carbocycles. The first-order valence-corrected chi connectivity index (χ1v) is 4.15. The van der Waals surface area contributed by atoms with Gasteiger partial charge in [0.1, 0.15) is 0 Å². The Balaban J connectivity index is 3.62. The summed E-state index contributed by atoms with van der Waals surface area (Å²) < 4.78 is 4.96. The molecular formula is C9H18N2O. The summed E-state index contributed by atoms with van der Waals surface area (Å²) in [4.78, 5) is 0. The van der Waals surface area contributed by atoms with Gasteiger partial charge in [-0.25, -0.2) is 0 Å². The Bertz CT molecular complexity index is 160. The van der Waals surface area contributed by atoms with Crippen LogP contribution < -0.4 is 5.32 Å². The van der Waals surface area contributed by atoms with E-state index >= 15 is 0 Å². The van der Waals surface area contributed by atoms with E-state index in [0.717, 1.165) is 0 Å². The van der Waals surface area contributed by atoms with Crippen molar-refractivity contribution >= 4 is 0 Å². The van der Waals surface area contributed by atoms with Crippen molar-refractivity contribution in [1.29, 1.82) is 5.26 Å². The van der Waals surface area contributed by atoms with Crippen molar-refractivity contribution in [3.63, 3.8) is 0 Å². The third kappa shape index (κ3) is 5.11. The molecule has 0 fully saturated rings. The van der Waals surface area contributed by atoms with Crippen LogP contribution in [0, 0.1) is 16.7 Å². The third-order valence-corrected chi connectivity index (χ3v) is 1.61. The molecule has 0 aromatic heterocycles. The van der Waals surface area contributed by atoms with E-state index in [-0.39, 0.29) is 5.41 Å². The first-order chi connectivity index (χ1) is 5.52. The lowest BCUT2D eigenvalue weighted by atomic mass is 9.96. The Labute approximate surface area is 74.7 Å². The van der Waals surface area contributed by atoms with E-state index in [0.29, 0.717) is 19.2 Å². The van der Waals surface area contributed by atoms with E-state index in [9.17, 15) is 0 Å². The van der Waals surface area contributed by atoms with Gasteiger partial charge in [-0.15, -0.1) is 0 Å². The molecule has 1 unspecified atom stereocenters. The number of hydrogen-bond acceptors (Lipinski definition) is 3. The fourth-order valence-corrected chi connectivity index (χ4v) is 0.778. The number of rotatable bonds is 5. The molecule has 0 aliphatic rings. The van der Waals surface area contributed by atoms with Crippen molar-refractivity contribution in [3.05, 3.63) is 0 Å². The summed E-state index contributed by atoms with van der Waals surface area (Å²) in [6.45, 7) is 7.26. The number of nitrogens with zero attached hydrogens (tertiary/aromatic N) is 1. The molecule has 0 saturated heterocycles. The zero-order chi connectivity index (χ0) is 9.61. The Kier molecular flexibility index (Phi) is 4.87. The molecule has 3 heteroatoms. The molecule has 0 spiro atoms. The molecule has 1 atom stereocenters. The number of hydrogen-bond donors (Lipinski definition) is 1. The molecule has 0 aliphatic carbocycles. The van der Waals surface area contributed by atoms with Crippen LogP contribution >= 0.6 is 0 Å². The highest BCUT2D eigenvalue weighted by Crippen LogP contribution is 2.10. The number of methoxy groups -OCH3 is 1. The fraction of sp³-hybridized carbons (Fsp3) is 0.889. The Morgan fingerprint density at radius 3 is 2.58 bits per heavy atom. The zero-order valence-corrected chi connectivity index (χ0v) is 8.35. The molecule has 0 amide bonds. The monoisotopic (exact) mass is 170 g/mol. The molecular weight excluding hydrogens is 152 g/mol. The molecule has 12 heavy (non-hydrogen) atoms. The predicted octanol–water partition coefficient (Wildman–Crippen LogP) is 1.16. The number of ether oxygens (including phenoxy) is 1. The van der Waals surface area contributed by atoms with E-state index in [2.05, 4.69) is 11.4 Å².